The van der Waals surface area contributed by atoms with Gasteiger partial charge in [0, 0.05) is 37.9 Å². The van der Waals surface area contributed by atoms with Crippen LogP contribution in [0.25, 0.3) is 0 Å². The van der Waals surface area contributed by atoms with Crippen LogP contribution >= 0.6 is 0 Å². The molecule has 6 nitrogen and oxygen atoms in total. The summed E-state index contributed by atoms with van der Waals surface area (Å²) in [6.07, 6.45) is 6.98. The molecule has 0 bridgehead atoms. The van der Waals surface area contributed by atoms with Crippen LogP contribution in [0.5, 0.6) is 0 Å². The Kier molecular flexibility index (Phi) is 4.47. The van der Waals surface area contributed by atoms with Crippen LogP contribution in [0.1, 0.15) is 26.2 Å². The van der Waals surface area contributed by atoms with Crippen LogP contribution in [-0.2, 0) is 6.54 Å². The maximum atomic E-state index is 10.3. The predicted molar refractivity (Wildman–Crippen MR) is 82.9 cm³/mol. The van der Waals surface area contributed by atoms with Crippen molar-refractivity contribution in [1.82, 2.24) is 19.6 Å². The van der Waals surface area contributed by atoms with Crippen molar-refractivity contribution in [2.24, 2.45) is 0 Å². The molecule has 0 amide bonds. The zero-order valence-corrected chi connectivity index (χ0v) is 12.9. The van der Waals surface area contributed by atoms with E-state index in [1.807, 2.05) is 0 Å². The Hall–Kier alpha value is -1.11. The molecule has 118 valence electrons. The van der Waals surface area contributed by atoms with Crippen LogP contribution in [0.15, 0.2) is 12.4 Å². The van der Waals surface area contributed by atoms with Gasteiger partial charge in [-0.15, -0.1) is 0 Å². The number of aliphatic hydroxyl groups excluding tert-OH is 1. The van der Waals surface area contributed by atoms with Crippen molar-refractivity contribution < 1.29 is 5.11 Å². The Morgan fingerprint density at radius 3 is 3.00 bits per heavy atom. The van der Waals surface area contributed by atoms with Crippen LogP contribution in [0.2, 0.25) is 0 Å². The van der Waals surface area contributed by atoms with Crippen LogP contribution in [-0.4, -0.2) is 69.1 Å². The van der Waals surface area contributed by atoms with Gasteiger partial charge in [-0.05, 0) is 26.3 Å². The highest BCUT2D eigenvalue weighted by molar-refractivity contribution is 5.30. The molecule has 3 atom stereocenters. The van der Waals surface area contributed by atoms with Crippen molar-refractivity contribution in [3.05, 3.63) is 12.4 Å². The highest BCUT2D eigenvalue weighted by Crippen LogP contribution is 2.24. The number of β-amino-alcohol motifs (C(OH)–C–C–N with tert-alkyl or cyclic N) is 1. The molecule has 2 aliphatic rings. The molecule has 3 rings (SSSR count). The summed E-state index contributed by atoms with van der Waals surface area (Å²) in [5, 5.41) is 14.5. The van der Waals surface area contributed by atoms with Crippen LogP contribution in [0.4, 0.5) is 5.69 Å². The Morgan fingerprint density at radius 1 is 1.38 bits per heavy atom. The number of nitrogens with zero attached hydrogens (tertiary/aromatic N) is 4. The van der Waals surface area contributed by atoms with Crippen molar-refractivity contribution in [2.75, 3.05) is 31.9 Å². The molecule has 1 aromatic rings. The lowest BCUT2D eigenvalue weighted by Gasteiger charge is -2.48. The number of aromatic nitrogens is 2. The number of rotatable bonds is 4. The second-order valence-electron chi connectivity index (χ2n) is 6.60. The van der Waals surface area contributed by atoms with E-state index in [0.717, 1.165) is 13.1 Å². The third-order valence-electron chi connectivity index (χ3n) is 4.81. The summed E-state index contributed by atoms with van der Waals surface area (Å²) >= 11 is 0. The Balaban J connectivity index is 1.53. The number of piperidine rings is 1. The number of hydrogen-bond donors (Lipinski definition) is 2. The molecular formula is C15H27N5O. The zero-order valence-electron chi connectivity index (χ0n) is 12.9. The molecule has 6 heteroatoms. The lowest BCUT2D eigenvalue weighted by atomic mass is 9.97. The first kappa shape index (κ1) is 14.8. The Morgan fingerprint density at radius 2 is 2.24 bits per heavy atom. The van der Waals surface area contributed by atoms with Crippen molar-refractivity contribution in [1.29, 1.82) is 0 Å². The molecule has 0 radical (unpaired) electrons. The molecule has 21 heavy (non-hydrogen) atoms. The first-order valence-electron chi connectivity index (χ1n) is 8.06. The zero-order chi connectivity index (χ0) is 14.8. The van der Waals surface area contributed by atoms with Gasteiger partial charge in [0.05, 0.1) is 24.5 Å². The van der Waals surface area contributed by atoms with E-state index in [0.29, 0.717) is 30.9 Å². The molecule has 2 fully saturated rings. The molecule has 3 heterocycles. The fourth-order valence-electron chi connectivity index (χ4n) is 3.69. The summed E-state index contributed by atoms with van der Waals surface area (Å²) in [7, 11) is 0. The lowest BCUT2D eigenvalue weighted by Crippen LogP contribution is -2.59. The summed E-state index contributed by atoms with van der Waals surface area (Å²) < 4.78 is 1.72. The van der Waals surface area contributed by atoms with E-state index >= 15 is 0 Å². The van der Waals surface area contributed by atoms with E-state index in [2.05, 4.69) is 21.8 Å². The molecule has 3 unspecified atom stereocenters. The number of nitrogens with two attached hydrogens (primary N) is 1. The van der Waals surface area contributed by atoms with E-state index in [-0.39, 0.29) is 0 Å². The van der Waals surface area contributed by atoms with Gasteiger partial charge in [0.1, 0.15) is 0 Å². The molecule has 0 aliphatic carbocycles. The normalized spacial score (nSPS) is 29.2. The van der Waals surface area contributed by atoms with Gasteiger partial charge in [0.2, 0.25) is 0 Å². The fourth-order valence-corrected chi connectivity index (χ4v) is 3.69. The van der Waals surface area contributed by atoms with Crippen molar-refractivity contribution >= 4 is 5.69 Å². The third-order valence-corrected chi connectivity index (χ3v) is 4.81. The highest BCUT2D eigenvalue weighted by atomic mass is 16.3. The molecule has 0 aromatic carbocycles. The van der Waals surface area contributed by atoms with Crippen molar-refractivity contribution in [3.63, 3.8) is 0 Å². The van der Waals surface area contributed by atoms with Crippen LogP contribution < -0.4 is 5.73 Å². The second-order valence-corrected chi connectivity index (χ2v) is 6.60. The maximum Gasteiger partial charge on any atom is 0.0862 e. The van der Waals surface area contributed by atoms with E-state index < -0.39 is 6.10 Å². The maximum absolute atomic E-state index is 10.3. The average Bonchev–Trinajstić information content (AvgIpc) is 2.85. The first-order valence-corrected chi connectivity index (χ1v) is 8.06. The predicted octanol–water partition coefficient (Wildman–Crippen LogP) is 0.385. The lowest BCUT2D eigenvalue weighted by molar-refractivity contribution is -0.0104. The summed E-state index contributed by atoms with van der Waals surface area (Å²) in [6, 6.07) is 1.19. The smallest absolute Gasteiger partial charge is 0.0862 e. The molecule has 3 N–H and O–H groups in total. The number of aliphatic hydroxyl groups is 1. The van der Waals surface area contributed by atoms with Gasteiger partial charge in [-0.2, -0.15) is 5.10 Å². The van der Waals surface area contributed by atoms with E-state index in [1.165, 1.54) is 25.8 Å². The van der Waals surface area contributed by atoms with E-state index in [9.17, 15) is 5.11 Å². The number of piperazine rings is 1. The van der Waals surface area contributed by atoms with Gasteiger partial charge < -0.3 is 10.8 Å². The summed E-state index contributed by atoms with van der Waals surface area (Å²) in [5.74, 6) is 0. The number of anilines is 1. The van der Waals surface area contributed by atoms with E-state index in [4.69, 9.17) is 5.73 Å². The van der Waals surface area contributed by atoms with Gasteiger partial charge in [0.25, 0.3) is 0 Å². The second kappa shape index (κ2) is 6.34. The topological polar surface area (TPSA) is 70.5 Å². The molecule has 0 spiro atoms. The van der Waals surface area contributed by atoms with E-state index in [1.54, 1.807) is 17.1 Å². The standard InChI is InChI=1S/C15H27N5O/c1-12-7-18-5-3-2-4-14(18)9-19(12)10-15(21)11-20-8-13(16)6-17-20/h6,8,12,14-15,21H,2-5,7,9-11,16H2,1H3. The minimum atomic E-state index is -0.401. The van der Waals surface area contributed by atoms with Crippen LogP contribution in [0.3, 0.4) is 0 Å². The Labute approximate surface area is 126 Å². The SMILES string of the molecule is CC1CN2CCCCC2CN1CC(O)Cn1cc(N)cn1. The van der Waals surface area contributed by atoms with Gasteiger partial charge >= 0.3 is 0 Å². The highest BCUT2D eigenvalue weighted by Gasteiger charge is 2.33. The fraction of sp³-hybridized carbons (Fsp3) is 0.800. The molecule has 0 saturated carbocycles. The largest absolute Gasteiger partial charge is 0.396 e. The molecule has 2 aliphatic heterocycles. The van der Waals surface area contributed by atoms with Gasteiger partial charge in [-0.1, -0.05) is 6.42 Å². The quantitative estimate of drug-likeness (QED) is 0.840. The minimum absolute atomic E-state index is 0.401. The van der Waals surface area contributed by atoms with Crippen molar-refractivity contribution in [2.45, 2.75) is 50.9 Å². The van der Waals surface area contributed by atoms with Gasteiger partial charge in [0.15, 0.2) is 0 Å². The summed E-state index contributed by atoms with van der Waals surface area (Å²) in [4.78, 5) is 5.06. The third kappa shape index (κ3) is 3.56. The number of hydrogen-bond acceptors (Lipinski definition) is 5. The Bertz CT molecular complexity index is 463. The van der Waals surface area contributed by atoms with Crippen LogP contribution in [0, 0.1) is 0 Å². The molecular weight excluding hydrogens is 266 g/mol. The average molecular weight is 293 g/mol. The monoisotopic (exact) mass is 293 g/mol. The number of fused-ring (bicyclic) bond motifs is 1. The van der Waals surface area contributed by atoms with Crippen molar-refractivity contribution in [3.8, 4) is 0 Å². The minimum Gasteiger partial charge on any atom is -0.396 e. The first-order chi connectivity index (χ1) is 10.1. The number of nitrogen functional groups attached to an aromatic ring is 1. The molecule has 1 aromatic heterocycles. The summed E-state index contributed by atoms with van der Waals surface area (Å²) in [6.45, 7) is 6.95. The molecule has 2 saturated heterocycles. The van der Waals surface area contributed by atoms with Gasteiger partial charge in [-0.25, -0.2) is 0 Å². The summed E-state index contributed by atoms with van der Waals surface area (Å²) in [5.41, 5.74) is 6.30. The van der Waals surface area contributed by atoms with Gasteiger partial charge in [-0.3, -0.25) is 14.5 Å².